The summed E-state index contributed by atoms with van der Waals surface area (Å²) in [5.41, 5.74) is 0.917. The van der Waals surface area contributed by atoms with E-state index in [1.165, 1.54) is 0 Å². The fraction of sp³-hybridized carbons (Fsp3) is 0.200. The highest BCUT2D eigenvalue weighted by molar-refractivity contribution is 7.10. The molecule has 1 nitrogen and oxygen atoms in total. The zero-order valence-electron chi connectivity index (χ0n) is 9.63. The lowest BCUT2D eigenvalue weighted by atomic mass is 9.98. The van der Waals surface area contributed by atoms with Crippen molar-refractivity contribution in [3.63, 3.8) is 0 Å². The van der Waals surface area contributed by atoms with Gasteiger partial charge in [-0.25, -0.2) is 0 Å². The Morgan fingerprint density at radius 1 is 1.12 bits per heavy atom. The second-order valence-corrected chi connectivity index (χ2v) is 4.84. The van der Waals surface area contributed by atoms with Crippen LogP contribution in [0.4, 0.5) is 0 Å². The van der Waals surface area contributed by atoms with Gasteiger partial charge in [0.1, 0.15) is 0 Å². The molecule has 0 saturated carbocycles. The standard InChI is InChI=1S/C15H14OS/c1-12(9-10-14-8-5-11-17-14)15(16)13-6-3-2-4-7-13/h2-8,11-12,15-16H,1H3. The van der Waals surface area contributed by atoms with Crippen molar-refractivity contribution in [3.8, 4) is 11.8 Å². The van der Waals surface area contributed by atoms with Crippen molar-refractivity contribution in [2.24, 2.45) is 5.92 Å². The van der Waals surface area contributed by atoms with Gasteiger partial charge in [0.25, 0.3) is 0 Å². The van der Waals surface area contributed by atoms with E-state index in [9.17, 15) is 5.11 Å². The molecule has 2 unspecified atom stereocenters. The molecule has 1 aromatic heterocycles. The van der Waals surface area contributed by atoms with E-state index < -0.39 is 6.10 Å². The molecule has 0 spiro atoms. The van der Waals surface area contributed by atoms with Crippen LogP contribution in [0.25, 0.3) is 0 Å². The Bertz CT molecular complexity index is 505. The molecule has 0 radical (unpaired) electrons. The van der Waals surface area contributed by atoms with Gasteiger partial charge >= 0.3 is 0 Å². The molecule has 2 heteroatoms. The maximum Gasteiger partial charge on any atom is 0.0924 e. The van der Waals surface area contributed by atoms with Crippen LogP contribution in [0.5, 0.6) is 0 Å². The Labute approximate surface area is 106 Å². The van der Waals surface area contributed by atoms with Gasteiger partial charge in [-0.15, -0.1) is 11.3 Å². The molecule has 0 aliphatic carbocycles. The second-order valence-electron chi connectivity index (χ2n) is 3.89. The van der Waals surface area contributed by atoms with Gasteiger partial charge in [0.2, 0.25) is 0 Å². The van der Waals surface area contributed by atoms with E-state index in [1.807, 2.05) is 54.8 Å². The molecule has 86 valence electrons. The first-order chi connectivity index (χ1) is 8.27. The lowest BCUT2D eigenvalue weighted by Gasteiger charge is -2.13. The lowest BCUT2D eigenvalue weighted by molar-refractivity contribution is 0.143. The number of aliphatic hydroxyl groups excluding tert-OH is 1. The van der Waals surface area contributed by atoms with Gasteiger partial charge in [0.15, 0.2) is 0 Å². The molecule has 2 rings (SSSR count). The van der Waals surface area contributed by atoms with Crippen molar-refractivity contribution in [1.82, 2.24) is 0 Å². The number of hydrogen-bond acceptors (Lipinski definition) is 2. The third kappa shape index (κ3) is 3.20. The minimum absolute atomic E-state index is 0.0699. The summed E-state index contributed by atoms with van der Waals surface area (Å²) < 4.78 is 0. The molecule has 2 atom stereocenters. The topological polar surface area (TPSA) is 20.2 Å². The largest absolute Gasteiger partial charge is 0.387 e. The molecule has 17 heavy (non-hydrogen) atoms. The average Bonchev–Trinajstić information content (AvgIpc) is 2.89. The monoisotopic (exact) mass is 242 g/mol. The van der Waals surface area contributed by atoms with Crippen molar-refractivity contribution in [2.45, 2.75) is 13.0 Å². The summed E-state index contributed by atoms with van der Waals surface area (Å²) in [5, 5.41) is 12.1. The molecule has 1 heterocycles. The van der Waals surface area contributed by atoms with Gasteiger partial charge in [0.05, 0.1) is 11.0 Å². The average molecular weight is 242 g/mol. The predicted molar refractivity (Wildman–Crippen MR) is 71.8 cm³/mol. The highest BCUT2D eigenvalue weighted by atomic mass is 32.1. The zero-order valence-corrected chi connectivity index (χ0v) is 10.4. The molecule has 0 fully saturated rings. The van der Waals surface area contributed by atoms with Gasteiger partial charge in [0, 0.05) is 5.92 Å². The van der Waals surface area contributed by atoms with E-state index in [2.05, 4.69) is 11.8 Å². The minimum atomic E-state index is -0.524. The van der Waals surface area contributed by atoms with Crippen molar-refractivity contribution in [1.29, 1.82) is 0 Å². The van der Waals surface area contributed by atoms with Crippen LogP contribution in [0.15, 0.2) is 47.8 Å². The van der Waals surface area contributed by atoms with Crippen LogP contribution in [0.2, 0.25) is 0 Å². The quantitative estimate of drug-likeness (QED) is 0.799. The van der Waals surface area contributed by atoms with Crippen LogP contribution in [0.1, 0.15) is 23.5 Å². The van der Waals surface area contributed by atoms with Gasteiger partial charge in [-0.05, 0) is 23.9 Å². The Morgan fingerprint density at radius 3 is 2.53 bits per heavy atom. The number of aliphatic hydroxyl groups is 1. The first kappa shape index (κ1) is 11.9. The van der Waals surface area contributed by atoms with Crippen LogP contribution in [-0.2, 0) is 0 Å². The molecule has 0 aliphatic rings. The SMILES string of the molecule is CC(C#Cc1cccs1)C(O)c1ccccc1. The van der Waals surface area contributed by atoms with Crippen molar-refractivity contribution < 1.29 is 5.11 Å². The first-order valence-electron chi connectivity index (χ1n) is 5.55. The summed E-state index contributed by atoms with van der Waals surface area (Å²) in [6.07, 6.45) is -0.524. The van der Waals surface area contributed by atoms with Crippen LogP contribution < -0.4 is 0 Å². The molecule has 0 amide bonds. The molecular weight excluding hydrogens is 228 g/mol. The van der Waals surface area contributed by atoms with E-state index in [1.54, 1.807) is 11.3 Å². The molecule has 2 aromatic rings. The summed E-state index contributed by atoms with van der Waals surface area (Å²) in [4.78, 5) is 1.04. The summed E-state index contributed by atoms with van der Waals surface area (Å²) in [6.45, 7) is 1.94. The van der Waals surface area contributed by atoms with Crippen molar-refractivity contribution >= 4 is 11.3 Å². The number of hydrogen-bond donors (Lipinski definition) is 1. The third-order valence-electron chi connectivity index (χ3n) is 2.56. The normalized spacial score (nSPS) is 13.5. The maximum absolute atomic E-state index is 10.1. The van der Waals surface area contributed by atoms with E-state index in [-0.39, 0.29) is 5.92 Å². The lowest BCUT2D eigenvalue weighted by Crippen LogP contribution is -2.06. The van der Waals surface area contributed by atoms with Crippen LogP contribution >= 0.6 is 11.3 Å². The van der Waals surface area contributed by atoms with Crippen molar-refractivity contribution in [2.75, 3.05) is 0 Å². The number of rotatable bonds is 2. The van der Waals surface area contributed by atoms with E-state index >= 15 is 0 Å². The summed E-state index contributed by atoms with van der Waals surface area (Å²) in [7, 11) is 0. The minimum Gasteiger partial charge on any atom is -0.387 e. The molecule has 0 saturated heterocycles. The van der Waals surface area contributed by atoms with Crippen LogP contribution in [-0.4, -0.2) is 5.11 Å². The predicted octanol–water partition coefficient (Wildman–Crippen LogP) is 3.47. The molecular formula is C15H14OS. The summed E-state index contributed by atoms with van der Waals surface area (Å²) >= 11 is 1.62. The highest BCUT2D eigenvalue weighted by Gasteiger charge is 2.13. The second kappa shape index (κ2) is 5.67. The van der Waals surface area contributed by atoms with E-state index in [0.717, 1.165) is 10.4 Å². The van der Waals surface area contributed by atoms with Crippen LogP contribution in [0.3, 0.4) is 0 Å². The molecule has 0 aliphatic heterocycles. The van der Waals surface area contributed by atoms with Gasteiger partial charge in [-0.3, -0.25) is 0 Å². The summed E-state index contributed by atoms with van der Waals surface area (Å²) in [5.74, 6) is 6.11. The van der Waals surface area contributed by atoms with Gasteiger partial charge in [-0.2, -0.15) is 0 Å². The fourth-order valence-corrected chi connectivity index (χ4v) is 2.13. The van der Waals surface area contributed by atoms with Gasteiger partial charge < -0.3 is 5.11 Å². The van der Waals surface area contributed by atoms with Gasteiger partial charge in [-0.1, -0.05) is 48.2 Å². The molecule has 1 aromatic carbocycles. The first-order valence-corrected chi connectivity index (χ1v) is 6.43. The Hall–Kier alpha value is -1.56. The number of thiophene rings is 1. The zero-order chi connectivity index (χ0) is 12.1. The Morgan fingerprint density at radius 2 is 1.88 bits per heavy atom. The smallest absolute Gasteiger partial charge is 0.0924 e. The van der Waals surface area contributed by atoms with Crippen molar-refractivity contribution in [3.05, 3.63) is 58.3 Å². The van der Waals surface area contributed by atoms with E-state index in [0.29, 0.717) is 0 Å². The highest BCUT2D eigenvalue weighted by Crippen LogP contribution is 2.20. The molecule has 1 N–H and O–H groups in total. The third-order valence-corrected chi connectivity index (χ3v) is 3.34. The number of benzene rings is 1. The maximum atomic E-state index is 10.1. The summed E-state index contributed by atoms with van der Waals surface area (Å²) in [6, 6.07) is 13.6. The Balaban J connectivity index is 2.08. The van der Waals surface area contributed by atoms with E-state index in [4.69, 9.17) is 0 Å². The fourth-order valence-electron chi connectivity index (χ4n) is 1.55. The van der Waals surface area contributed by atoms with Crippen LogP contribution in [0, 0.1) is 17.8 Å². The Kier molecular flexibility index (Phi) is 3.98. The molecule has 0 bridgehead atoms.